The number of aromatic nitrogens is 4. The maximum absolute atomic E-state index is 12.6. The second kappa shape index (κ2) is 9.55. The van der Waals surface area contributed by atoms with Gasteiger partial charge in [0, 0.05) is 23.3 Å². The molecule has 10 nitrogen and oxygen atoms in total. The number of nitrogens with one attached hydrogen (secondary N) is 2. The second-order valence-corrected chi connectivity index (χ2v) is 9.56. The lowest BCUT2D eigenvalue weighted by atomic mass is 10.1. The van der Waals surface area contributed by atoms with Crippen LogP contribution in [0.1, 0.15) is 46.6 Å². The molecule has 0 saturated carbocycles. The summed E-state index contributed by atoms with van der Waals surface area (Å²) < 4.78 is 11.5. The zero-order valence-electron chi connectivity index (χ0n) is 19.7. The SMILES string of the molecule is CC(Nc1nccc(N2C(=O)NCC2[C@@H](C)OC(C)(C)C)n1)c1nc(-c2ccc(Cl)cc2)no1. The lowest BCUT2D eigenvalue weighted by molar-refractivity contribution is -0.0588. The zero-order valence-corrected chi connectivity index (χ0v) is 20.5. The van der Waals surface area contributed by atoms with Crippen LogP contribution in [0.2, 0.25) is 5.02 Å². The van der Waals surface area contributed by atoms with E-state index in [1.165, 1.54) is 0 Å². The van der Waals surface area contributed by atoms with Crippen LogP contribution in [0.25, 0.3) is 11.4 Å². The third-order valence-electron chi connectivity index (χ3n) is 5.24. The molecular formula is C23H28ClN7O3. The highest BCUT2D eigenvalue weighted by atomic mass is 35.5. The minimum atomic E-state index is -0.366. The highest BCUT2D eigenvalue weighted by Crippen LogP contribution is 2.26. The van der Waals surface area contributed by atoms with Crippen LogP contribution in [-0.2, 0) is 4.74 Å². The van der Waals surface area contributed by atoms with Gasteiger partial charge in [-0.1, -0.05) is 16.8 Å². The van der Waals surface area contributed by atoms with Gasteiger partial charge in [0.1, 0.15) is 11.9 Å². The van der Waals surface area contributed by atoms with Gasteiger partial charge in [-0.2, -0.15) is 9.97 Å². The molecule has 4 rings (SSSR count). The Kier molecular flexibility index (Phi) is 6.72. The maximum atomic E-state index is 12.6. The van der Waals surface area contributed by atoms with Gasteiger partial charge in [-0.25, -0.2) is 9.78 Å². The summed E-state index contributed by atoms with van der Waals surface area (Å²) in [7, 11) is 0. The largest absolute Gasteiger partial charge is 0.371 e. The number of hydrogen-bond acceptors (Lipinski definition) is 8. The van der Waals surface area contributed by atoms with Crippen molar-refractivity contribution >= 4 is 29.4 Å². The Morgan fingerprint density at radius 3 is 2.65 bits per heavy atom. The molecule has 2 N–H and O–H groups in total. The van der Waals surface area contributed by atoms with E-state index in [0.29, 0.717) is 35.0 Å². The van der Waals surface area contributed by atoms with Crippen LogP contribution in [0.5, 0.6) is 0 Å². The molecule has 2 amide bonds. The molecule has 11 heteroatoms. The molecule has 1 aromatic carbocycles. The van der Waals surface area contributed by atoms with Gasteiger partial charge in [0.15, 0.2) is 0 Å². The molecular weight excluding hydrogens is 458 g/mol. The molecule has 34 heavy (non-hydrogen) atoms. The summed E-state index contributed by atoms with van der Waals surface area (Å²) in [5, 5.41) is 10.7. The van der Waals surface area contributed by atoms with E-state index in [2.05, 4.69) is 30.7 Å². The summed E-state index contributed by atoms with van der Waals surface area (Å²) in [6.07, 6.45) is 1.40. The first-order valence-electron chi connectivity index (χ1n) is 11.0. The highest BCUT2D eigenvalue weighted by Gasteiger charge is 2.38. The summed E-state index contributed by atoms with van der Waals surface area (Å²) in [6.45, 7) is 10.3. The normalized spacial score (nSPS) is 18.0. The topological polar surface area (TPSA) is 118 Å². The molecule has 1 fully saturated rings. The summed E-state index contributed by atoms with van der Waals surface area (Å²) in [4.78, 5) is 27.5. The average molecular weight is 486 g/mol. The predicted molar refractivity (Wildman–Crippen MR) is 129 cm³/mol. The molecule has 0 radical (unpaired) electrons. The van der Waals surface area contributed by atoms with Gasteiger partial charge < -0.3 is 19.9 Å². The Balaban J connectivity index is 1.49. The van der Waals surface area contributed by atoms with Crippen LogP contribution in [0.15, 0.2) is 41.1 Å². The van der Waals surface area contributed by atoms with Crippen molar-refractivity contribution in [3.05, 3.63) is 47.4 Å². The standard InChI is InChI=1S/C23H28ClN7O3/c1-13(20-29-19(30-34-20)15-6-8-16(24)9-7-15)27-21-25-11-10-18(28-21)31-17(12-26-22(31)32)14(2)33-23(3,4)5/h6-11,13-14,17H,12H2,1-5H3,(H,26,32)(H,25,27,28)/t13?,14-,17?/m1/s1. The number of nitrogens with zero attached hydrogens (tertiary/aromatic N) is 5. The van der Waals surface area contributed by atoms with E-state index in [4.69, 9.17) is 20.9 Å². The molecule has 0 aliphatic carbocycles. The van der Waals surface area contributed by atoms with E-state index >= 15 is 0 Å². The first kappa shape index (κ1) is 23.9. The van der Waals surface area contributed by atoms with Crippen molar-refractivity contribution in [2.75, 3.05) is 16.8 Å². The first-order chi connectivity index (χ1) is 16.1. The molecule has 1 aliphatic rings. The van der Waals surface area contributed by atoms with Crippen molar-refractivity contribution in [1.29, 1.82) is 0 Å². The number of urea groups is 1. The zero-order chi connectivity index (χ0) is 24.5. The van der Waals surface area contributed by atoms with Crippen LogP contribution in [0.3, 0.4) is 0 Å². The Morgan fingerprint density at radius 2 is 1.94 bits per heavy atom. The van der Waals surface area contributed by atoms with Crippen molar-refractivity contribution < 1.29 is 14.1 Å². The molecule has 1 saturated heterocycles. The monoisotopic (exact) mass is 485 g/mol. The molecule has 180 valence electrons. The van der Waals surface area contributed by atoms with E-state index in [1.54, 1.807) is 29.3 Å². The third kappa shape index (κ3) is 5.45. The number of rotatable bonds is 7. The van der Waals surface area contributed by atoms with Gasteiger partial charge in [-0.3, -0.25) is 4.90 Å². The Labute approximate surface area is 203 Å². The molecule has 0 bridgehead atoms. The van der Waals surface area contributed by atoms with Crippen molar-refractivity contribution in [3.8, 4) is 11.4 Å². The summed E-state index contributed by atoms with van der Waals surface area (Å²) in [5.74, 6) is 1.64. The smallest absolute Gasteiger partial charge is 0.323 e. The summed E-state index contributed by atoms with van der Waals surface area (Å²) >= 11 is 5.94. The minimum Gasteiger partial charge on any atom is -0.371 e. The number of amides is 2. The third-order valence-corrected chi connectivity index (χ3v) is 5.49. The Bertz CT molecular complexity index is 1150. The van der Waals surface area contributed by atoms with Gasteiger partial charge in [0.05, 0.1) is 17.7 Å². The Hall–Kier alpha value is -3.24. The summed E-state index contributed by atoms with van der Waals surface area (Å²) in [5.41, 5.74) is 0.460. The molecule has 2 unspecified atom stereocenters. The predicted octanol–water partition coefficient (Wildman–Crippen LogP) is 4.45. The van der Waals surface area contributed by atoms with Gasteiger partial charge in [-0.15, -0.1) is 0 Å². The van der Waals surface area contributed by atoms with Crippen molar-refractivity contribution in [2.45, 2.75) is 58.4 Å². The van der Waals surface area contributed by atoms with E-state index in [9.17, 15) is 4.79 Å². The van der Waals surface area contributed by atoms with Gasteiger partial charge in [-0.05, 0) is 65.0 Å². The molecule has 0 spiro atoms. The lowest BCUT2D eigenvalue weighted by Crippen LogP contribution is -2.45. The lowest BCUT2D eigenvalue weighted by Gasteiger charge is -2.32. The molecule has 3 aromatic rings. The molecule has 3 heterocycles. The van der Waals surface area contributed by atoms with E-state index in [-0.39, 0.29) is 29.8 Å². The minimum absolute atomic E-state index is 0.200. The van der Waals surface area contributed by atoms with Crippen molar-refractivity contribution in [1.82, 2.24) is 25.4 Å². The first-order valence-corrected chi connectivity index (χ1v) is 11.4. The molecule has 1 aliphatic heterocycles. The maximum Gasteiger partial charge on any atom is 0.323 e. The quantitative estimate of drug-likeness (QED) is 0.503. The van der Waals surface area contributed by atoms with Gasteiger partial charge in [0.25, 0.3) is 0 Å². The summed E-state index contributed by atoms with van der Waals surface area (Å²) in [6, 6.07) is 8.08. The molecule has 2 aromatic heterocycles. The fraction of sp³-hybridized carbons (Fsp3) is 0.435. The van der Waals surface area contributed by atoms with Crippen molar-refractivity contribution in [2.24, 2.45) is 0 Å². The van der Waals surface area contributed by atoms with E-state index in [0.717, 1.165) is 5.56 Å². The number of hydrogen-bond donors (Lipinski definition) is 2. The number of ether oxygens (including phenoxy) is 1. The second-order valence-electron chi connectivity index (χ2n) is 9.13. The van der Waals surface area contributed by atoms with E-state index in [1.807, 2.05) is 46.8 Å². The van der Waals surface area contributed by atoms with Crippen LogP contribution in [0.4, 0.5) is 16.6 Å². The number of anilines is 2. The van der Waals surface area contributed by atoms with Crippen LogP contribution < -0.4 is 15.5 Å². The number of carbonyl (C=O) groups excluding carboxylic acids is 1. The van der Waals surface area contributed by atoms with Crippen LogP contribution in [0, 0.1) is 0 Å². The fourth-order valence-electron chi connectivity index (χ4n) is 3.74. The van der Waals surface area contributed by atoms with Crippen LogP contribution >= 0.6 is 11.6 Å². The van der Waals surface area contributed by atoms with Gasteiger partial charge >= 0.3 is 6.03 Å². The fourth-order valence-corrected chi connectivity index (χ4v) is 3.87. The number of carbonyl (C=O) groups is 1. The number of benzene rings is 1. The van der Waals surface area contributed by atoms with Gasteiger partial charge in [0.2, 0.25) is 17.7 Å². The van der Waals surface area contributed by atoms with E-state index < -0.39 is 0 Å². The van der Waals surface area contributed by atoms with Crippen LogP contribution in [-0.4, -0.2) is 50.4 Å². The molecule has 3 atom stereocenters. The average Bonchev–Trinajstić information content (AvgIpc) is 3.40. The van der Waals surface area contributed by atoms with Crippen molar-refractivity contribution in [3.63, 3.8) is 0 Å². The Morgan fingerprint density at radius 1 is 1.21 bits per heavy atom. The number of halogens is 1. The highest BCUT2D eigenvalue weighted by molar-refractivity contribution is 6.30.